The molecule has 0 amide bonds. The molecule has 0 aliphatic heterocycles. The summed E-state index contributed by atoms with van der Waals surface area (Å²) in [6, 6.07) is 26.0. The fourth-order valence-electron chi connectivity index (χ4n) is 3.54. The first-order valence-corrected chi connectivity index (χ1v) is 10.9. The Morgan fingerprint density at radius 3 is 1.19 bits per heavy atom. The van der Waals surface area contributed by atoms with E-state index in [0.717, 1.165) is 0 Å². The first-order valence-electron chi connectivity index (χ1n) is 9.40. The van der Waals surface area contributed by atoms with Crippen LogP contribution in [0.2, 0.25) is 0 Å². The number of phosphoric ester groups is 1. The van der Waals surface area contributed by atoms with E-state index in [1.165, 1.54) is 0 Å². The van der Waals surface area contributed by atoms with Gasteiger partial charge in [0.25, 0.3) is 0 Å². The summed E-state index contributed by atoms with van der Waals surface area (Å²) in [7, 11) is -5.03. The number of hydrogen-bond acceptors (Lipinski definition) is 4. The SMILES string of the molecule is O=P(O)(O)Oc1c(-c2ccccc2)c(O)c(-c2ccccc2)c(O)c1-c1ccccc1. The molecule has 0 radical (unpaired) electrons. The van der Waals surface area contributed by atoms with Gasteiger partial charge in [0, 0.05) is 0 Å². The highest BCUT2D eigenvalue weighted by Crippen LogP contribution is 2.58. The lowest BCUT2D eigenvalue weighted by atomic mass is 9.89. The van der Waals surface area contributed by atoms with Gasteiger partial charge in [-0.25, -0.2) is 4.57 Å². The van der Waals surface area contributed by atoms with Crippen LogP contribution in [0.1, 0.15) is 0 Å². The Bertz CT molecular complexity index is 1190. The average Bonchev–Trinajstić information content (AvgIpc) is 2.75. The molecule has 7 heteroatoms. The molecular formula is C24H19O6P. The third-order valence-electron chi connectivity index (χ3n) is 4.80. The van der Waals surface area contributed by atoms with Crippen molar-refractivity contribution in [3.05, 3.63) is 91.0 Å². The second-order valence-corrected chi connectivity index (χ2v) is 8.00. The highest BCUT2D eigenvalue weighted by atomic mass is 31.2. The van der Waals surface area contributed by atoms with Crippen molar-refractivity contribution in [2.45, 2.75) is 0 Å². The molecule has 4 rings (SSSR count). The fourth-order valence-corrected chi connectivity index (χ4v) is 3.96. The van der Waals surface area contributed by atoms with E-state index in [4.69, 9.17) is 4.52 Å². The van der Waals surface area contributed by atoms with Gasteiger partial charge in [0.1, 0.15) is 11.5 Å². The summed E-state index contributed by atoms with van der Waals surface area (Å²) in [6.45, 7) is 0. The maximum Gasteiger partial charge on any atom is 0.524 e. The second kappa shape index (κ2) is 8.28. The number of benzene rings is 4. The van der Waals surface area contributed by atoms with Crippen molar-refractivity contribution in [1.82, 2.24) is 0 Å². The summed E-state index contributed by atoms with van der Waals surface area (Å²) < 4.78 is 16.9. The third kappa shape index (κ3) is 4.18. The van der Waals surface area contributed by atoms with Gasteiger partial charge < -0.3 is 14.7 Å². The van der Waals surface area contributed by atoms with E-state index in [2.05, 4.69) is 0 Å². The second-order valence-electron chi connectivity index (χ2n) is 6.83. The number of phenols is 2. The molecule has 4 aromatic carbocycles. The largest absolute Gasteiger partial charge is 0.524 e. The van der Waals surface area contributed by atoms with Crippen LogP contribution in [-0.4, -0.2) is 20.0 Å². The molecule has 0 heterocycles. The van der Waals surface area contributed by atoms with Gasteiger partial charge in [-0.2, -0.15) is 0 Å². The minimum absolute atomic E-state index is 0.0689. The zero-order valence-electron chi connectivity index (χ0n) is 16.2. The van der Waals surface area contributed by atoms with E-state index < -0.39 is 7.82 Å². The van der Waals surface area contributed by atoms with Crippen molar-refractivity contribution in [2.24, 2.45) is 0 Å². The summed E-state index contributed by atoms with van der Waals surface area (Å²) in [5, 5.41) is 22.5. The van der Waals surface area contributed by atoms with Gasteiger partial charge in [-0.3, -0.25) is 9.79 Å². The van der Waals surface area contributed by atoms with Gasteiger partial charge >= 0.3 is 7.82 Å². The minimum Gasteiger partial charge on any atom is -0.506 e. The number of aromatic hydroxyl groups is 2. The van der Waals surface area contributed by atoms with E-state index in [1.807, 2.05) is 0 Å². The predicted molar refractivity (Wildman–Crippen MR) is 119 cm³/mol. The van der Waals surface area contributed by atoms with Crippen molar-refractivity contribution in [2.75, 3.05) is 0 Å². The average molecular weight is 434 g/mol. The lowest BCUT2D eigenvalue weighted by Crippen LogP contribution is -1.99. The lowest BCUT2D eigenvalue weighted by Gasteiger charge is -2.22. The van der Waals surface area contributed by atoms with Crippen molar-refractivity contribution in [3.63, 3.8) is 0 Å². The van der Waals surface area contributed by atoms with Crippen LogP contribution < -0.4 is 4.52 Å². The molecule has 0 saturated heterocycles. The minimum atomic E-state index is -5.03. The standard InChI is InChI=1S/C24H19O6P/c25-22-19(16-10-4-1-5-11-16)23(26)21(18-14-8-3-9-15-18)24(30-31(27,28)29)20(22)17-12-6-2-7-13-17/h1-15,25-26H,(H2,27,28,29). The molecule has 31 heavy (non-hydrogen) atoms. The molecule has 0 atom stereocenters. The highest BCUT2D eigenvalue weighted by molar-refractivity contribution is 7.46. The highest BCUT2D eigenvalue weighted by Gasteiger charge is 2.31. The van der Waals surface area contributed by atoms with Crippen LogP contribution in [0.15, 0.2) is 91.0 Å². The molecule has 0 aliphatic rings. The lowest BCUT2D eigenvalue weighted by molar-refractivity contribution is 0.283. The van der Waals surface area contributed by atoms with Crippen LogP contribution in [0.25, 0.3) is 33.4 Å². The Kier molecular flexibility index (Phi) is 5.53. The Morgan fingerprint density at radius 2 is 0.871 bits per heavy atom. The number of rotatable bonds is 5. The van der Waals surface area contributed by atoms with Crippen LogP contribution in [0.5, 0.6) is 17.2 Å². The first-order chi connectivity index (χ1) is 14.9. The monoisotopic (exact) mass is 434 g/mol. The van der Waals surface area contributed by atoms with Crippen LogP contribution in [0.4, 0.5) is 0 Å². The summed E-state index contributed by atoms with van der Waals surface area (Å²) in [4.78, 5) is 19.2. The summed E-state index contributed by atoms with van der Waals surface area (Å²) in [5.41, 5.74) is 1.75. The van der Waals surface area contributed by atoms with Crippen LogP contribution in [0, 0.1) is 0 Å². The van der Waals surface area contributed by atoms with Crippen molar-refractivity contribution >= 4 is 7.82 Å². The first kappa shape index (κ1) is 20.7. The Balaban J connectivity index is 2.18. The summed E-state index contributed by atoms with van der Waals surface area (Å²) >= 11 is 0. The summed E-state index contributed by atoms with van der Waals surface area (Å²) in [6.07, 6.45) is 0. The van der Waals surface area contributed by atoms with Gasteiger partial charge in [-0.05, 0) is 16.7 Å². The van der Waals surface area contributed by atoms with Gasteiger partial charge in [0.05, 0.1) is 16.7 Å². The predicted octanol–water partition coefficient (Wildman–Crippen LogP) is 5.57. The number of hydrogen-bond donors (Lipinski definition) is 4. The Labute approximate surface area is 178 Å². The van der Waals surface area contributed by atoms with Crippen molar-refractivity contribution in [1.29, 1.82) is 0 Å². The smallest absolute Gasteiger partial charge is 0.506 e. The van der Waals surface area contributed by atoms with Crippen LogP contribution in [-0.2, 0) is 4.57 Å². The van der Waals surface area contributed by atoms with E-state index in [-0.39, 0.29) is 33.9 Å². The molecule has 4 aromatic rings. The van der Waals surface area contributed by atoms with Crippen molar-refractivity contribution in [3.8, 4) is 50.6 Å². The molecule has 0 fully saturated rings. The molecule has 0 aliphatic carbocycles. The quantitative estimate of drug-likeness (QED) is 0.306. The molecular weight excluding hydrogens is 415 g/mol. The van der Waals surface area contributed by atoms with Gasteiger partial charge in [0.15, 0.2) is 5.75 Å². The van der Waals surface area contributed by atoms with Crippen molar-refractivity contribution < 1.29 is 29.1 Å². The van der Waals surface area contributed by atoms with Crippen LogP contribution >= 0.6 is 7.82 Å². The molecule has 156 valence electrons. The molecule has 0 saturated carbocycles. The third-order valence-corrected chi connectivity index (χ3v) is 5.22. The normalized spacial score (nSPS) is 11.3. The molecule has 6 nitrogen and oxygen atoms in total. The zero-order valence-corrected chi connectivity index (χ0v) is 17.1. The zero-order chi connectivity index (χ0) is 22.0. The van der Waals surface area contributed by atoms with Gasteiger partial charge in [-0.1, -0.05) is 91.0 Å². The van der Waals surface area contributed by atoms with E-state index in [9.17, 15) is 24.6 Å². The molecule has 4 N–H and O–H groups in total. The maximum atomic E-state index is 11.9. The van der Waals surface area contributed by atoms with Gasteiger partial charge in [0.2, 0.25) is 0 Å². The van der Waals surface area contributed by atoms with E-state index in [0.29, 0.717) is 16.7 Å². The van der Waals surface area contributed by atoms with Crippen LogP contribution in [0.3, 0.4) is 0 Å². The Hall–Kier alpha value is -3.57. The summed E-state index contributed by atoms with van der Waals surface area (Å²) in [5.74, 6) is -1.00. The molecule has 0 unspecified atom stereocenters. The number of phenolic OH excluding ortho intramolecular Hbond substituents is 2. The molecule has 0 aromatic heterocycles. The maximum absolute atomic E-state index is 11.9. The molecule has 0 bridgehead atoms. The number of phosphoric acid groups is 1. The Morgan fingerprint density at radius 1 is 0.548 bits per heavy atom. The van der Waals surface area contributed by atoms with Gasteiger partial charge in [-0.15, -0.1) is 0 Å². The van der Waals surface area contributed by atoms with E-state index in [1.54, 1.807) is 91.0 Å². The molecule has 0 spiro atoms. The fraction of sp³-hybridized carbons (Fsp3) is 0. The van der Waals surface area contributed by atoms with E-state index >= 15 is 0 Å². The topological polar surface area (TPSA) is 107 Å².